The molecule has 11 N–H and O–H groups in total. The average molecular weight is 1210 g/mol. The number of aliphatic hydroxyl groups excluding tert-OH is 5. The van der Waals surface area contributed by atoms with E-state index in [2.05, 4.69) is 30.6 Å². The molecule has 4 aliphatic heterocycles. The fraction of sp³-hybridized carbons (Fsp3) is 0.794. The number of carboxylic acids is 2. The summed E-state index contributed by atoms with van der Waals surface area (Å²) >= 11 is 0. The van der Waals surface area contributed by atoms with Gasteiger partial charge in [-0.05, 0) is 19.3 Å². The number of nitrogens with one attached hydrogen (secondary N) is 2. The second kappa shape index (κ2) is 42.1. The standard InChI is InChI=1S/C63H106N3O19/c1-4-6-8-10-12-14-16-18-20-22-24-26-28-30-32-34-54(72)66-46(33-31-29-27-25-23-21-19-17-15-13-11-9-7-5-2)42-79-55-36-35-51(53(41-67)82-55)83-59-57(73)52(37-38-78-59)84-63(61(76)77)40-49(70)56(65-45(3)68)58(85-63)50(71)44-81-62(60(74)75)39-48(69)47(64)43-80-62/h29,31,33,35-38,43-44,46-53,55-59,67,69-71,73H,4-28,30,32,34,39-42,64H2,1-3H3,(H,65,68)(H,66,72)(H,74,75)(H,76,77)/b31-29+/t46-,47+,48+,49+,50+,51+,52+,53-,55-,56-,57-,58+,59+,62+,63-/m1/s1. The summed E-state index contributed by atoms with van der Waals surface area (Å²) in [5, 5.41) is 81.1. The summed E-state index contributed by atoms with van der Waals surface area (Å²) in [6.45, 7) is 7.49. The molecular weight excluding hydrogens is 1100 g/mol. The van der Waals surface area contributed by atoms with Gasteiger partial charge in [0.15, 0.2) is 12.6 Å². The van der Waals surface area contributed by atoms with Crippen molar-refractivity contribution < 1.29 is 92.8 Å². The van der Waals surface area contributed by atoms with Gasteiger partial charge in [-0.25, -0.2) is 9.59 Å². The number of hydrogen-bond donors (Lipinski definition) is 10. The van der Waals surface area contributed by atoms with Crippen molar-refractivity contribution in [1.82, 2.24) is 10.6 Å². The van der Waals surface area contributed by atoms with Gasteiger partial charge < -0.3 is 90.0 Å². The minimum atomic E-state index is -2.86. The number of ether oxygens (including phenoxy) is 8. The highest BCUT2D eigenvalue weighted by molar-refractivity contribution is 5.77. The Balaban J connectivity index is 1.29. The Morgan fingerprint density at radius 1 is 0.729 bits per heavy atom. The molecule has 487 valence electrons. The lowest BCUT2D eigenvalue weighted by atomic mass is 9.89. The first-order valence-electron chi connectivity index (χ1n) is 31.9. The summed E-state index contributed by atoms with van der Waals surface area (Å²) in [5.41, 5.74) is 5.70. The van der Waals surface area contributed by atoms with E-state index < -0.39 is 128 Å². The molecule has 0 aromatic rings. The lowest BCUT2D eigenvalue weighted by Crippen LogP contribution is -2.68. The molecule has 0 aliphatic carbocycles. The molecule has 22 heteroatoms. The number of hydrogen-bond acceptors (Lipinski definition) is 18. The van der Waals surface area contributed by atoms with Gasteiger partial charge in [-0.15, -0.1) is 0 Å². The van der Waals surface area contributed by atoms with Crippen molar-refractivity contribution in [2.24, 2.45) is 5.73 Å². The van der Waals surface area contributed by atoms with Gasteiger partial charge in [-0.3, -0.25) is 9.59 Å². The maximum atomic E-state index is 13.3. The fourth-order valence-corrected chi connectivity index (χ4v) is 10.8. The van der Waals surface area contributed by atoms with Crippen molar-refractivity contribution in [3.63, 3.8) is 0 Å². The van der Waals surface area contributed by atoms with Crippen molar-refractivity contribution in [2.45, 2.75) is 305 Å². The van der Waals surface area contributed by atoms with Gasteiger partial charge in [0.1, 0.15) is 37.6 Å². The van der Waals surface area contributed by atoms with Crippen molar-refractivity contribution in [3.05, 3.63) is 57.7 Å². The van der Waals surface area contributed by atoms with Gasteiger partial charge >= 0.3 is 11.9 Å². The Morgan fingerprint density at radius 2 is 1.28 bits per heavy atom. The third kappa shape index (κ3) is 27.4. The highest BCUT2D eigenvalue weighted by Crippen LogP contribution is 2.39. The number of aliphatic carboxylic acids is 2. The van der Waals surface area contributed by atoms with Crippen LogP contribution in [0, 0.1) is 45.5 Å². The molecule has 0 bridgehead atoms. The van der Waals surface area contributed by atoms with Gasteiger partial charge in [-0.2, -0.15) is 0 Å². The molecule has 22 nitrogen and oxygen atoms in total. The van der Waals surface area contributed by atoms with Gasteiger partial charge in [0, 0.05) is 51.9 Å². The minimum absolute atomic E-state index is 0.0481. The topological polar surface area (TPSA) is 334 Å². The molecule has 4 heterocycles. The first kappa shape index (κ1) is 74.5. The van der Waals surface area contributed by atoms with E-state index in [1.165, 1.54) is 141 Å². The van der Waals surface area contributed by atoms with E-state index in [4.69, 9.17) is 43.6 Å². The maximum Gasteiger partial charge on any atom is 0.364 e. The molecule has 4 fully saturated rings. The summed E-state index contributed by atoms with van der Waals surface area (Å²) in [4.78, 5) is 50.9. The van der Waals surface area contributed by atoms with Crippen LogP contribution in [0.2, 0.25) is 0 Å². The molecule has 7 radical (unpaired) electrons. The van der Waals surface area contributed by atoms with Gasteiger partial charge in [0.05, 0.1) is 62.4 Å². The molecule has 15 atom stereocenters. The summed E-state index contributed by atoms with van der Waals surface area (Å²) in [5.74, 6) is -9.79. The zero-order valence-electron chi connectivity index (χ0n) is 50.9. The first-order valence-corrected chi connectivity index (χ1v) is 31.9. The summed E-state index contributed by atoms with van der Waals surface area (Å²) < 4.78 is 46.1. The van der Waals surface area contributed by atoms with Gasteiger partial charge in [0.2, 0.25) is 11.8 Å². The number of nitrogens with two attached hydrogens (primary N) is 1. The Morgan fingerprint density at radius 3 is 1.82 bits per heavy atom. The smallest absolute Gasteiger partial charge is 0.364 e. The number of rotatable bonds is 46. The lowest BCUT2D eigenvalue weighted by Gasteiger charge is -2.48. The van der Waals surface area contributed by atoms with Crippen LogP contribution in [-0.2, 0) is 57.1 Å². The van der Waals surface area contributed by atoms with Crippen LogP contribution in [0.4, 0.5) is 0 Å². The molecule has 0 saturated carbocycles. The van der Waals surface area contributed by atoms with Crippen molar-refractivity contribution in [1.29, 1.82) is 0 Å². The summed E-state index contributed by atoms with van der Waals surface area (Å²) in [6, 6.07) is -3.08. The maximum absolute atomic E-state index is 13.3. The number of carbonyl (C=O) groups is 4. The third-order valence-corrected chi connectivity index (χ3v) is 15.9. The van der Waals surface area contributed by atoms with Gasteiger partial charge in [-0.1, -0.05) is 180 Å². The van der Waals surface area contributed by atoms with Crippen molar-refractivity contribution >= 4 is 23.8 Å². The second-order valence-corrected chi connectivity index (χ2v) is 23.3. The molecule has 0 unspecified atom stereocenters. The zero-order valence-corrected chi connectivity index (χ0v) is 50.9. The molecule has 0 spiro atoms. The average Bonchev–Trinajstić information content (AvgIpc) is 1.47. The van der Waals surface area contributed by atoms with E-state index in [0.29, 0.717) is 13.0 Å². The van der Waals surface area contributed by atoms with Crippen LogP contribution < -0.4 is 16.4 Å². The number of aliphatic hydroxyl groups is 5. The van der Waals surface area contributed by atoms with Crippen molar-refractivity contribution in [2.75, 3.05) is 13.2 Å². The van der Waals surface area contributed by atoms with E-state index in [0.717, 1.165) is 58.7 Å². The Kier molecular flexibility index (Phi) is 36.9. The molecule has 2 amide bonds. The van der Waals surface area contributed by atoms with Crippen LogP contribution in [-0.4, -0.2) is 164 Å². The zero-order chi connectivity index (χ0) is 61.9. The second-order valence-electron chi connectivity index (χ2n) is 23.3. The largest absolute Gasteiger partial charge is 0.477 e. The lowest BCUT2D eigenvalue weighted by molar-refractivity contribution is -0.338. The van der Waals surface area contributed by atoms with Crippen LogP contribution in [0.25, 0.3) is 0 Å². The Labute approximate surface area is 506 Å². The van der Waals surface area contributed by atoms with Gasteiger partial charge in [0.25, 0.3) is 11.6 Å². The predicted octanol–water partition coefficient (Wildman–Crippen LogP) is 7.22. The van der Waals surface area contributed by atoms with Crippen LogP contribution in [0.5, 0.6) is 0 Å². The van der Waals surface area contributed by atoms with Crippen LogP contribution >= 0.6 is 0 Å². The van der Waals surface area contributed by atoms with E-state index in [1.807, 2.05) is 12.5 Å². The Hall–Kier alpha value is -2.94. The van der Waals surface area contributed by atoms with E-state index in [1.54, 1.807) is 12.8 Å². The normalized spacial score (nSPS) is 29.8. The molecule has 4 rings (SSSR count). The number of allylic oxidation sites excluding steroid dienone is 1. The quantitative estimate of drug-likeness (QED) is 0.0269. The molecule has 85 heavy (non-hydrogen) atoms. The molecule has 0 aromatic heterocycles. The Bertz CT molecular complexity index is 1870. The first-order chi connectivity index (χ1) is 41.0. The number of carboxylic acid groups (broad SMARTS) is 2. The summed E-state index contributed by atoms with van der Waals surface area (Å²) in [7, 11) is 0. The molecule has 4 saturated heterocycles. The van der Waals surface area contributed by atoms with E-state index in [-0.39, 0.29) is 12.5 Å². The minimum Gasteiger partial charge on any atom is -0.477 e. The number of unbranched alkanes of at least 4 members (excludes halogenated alkanes) is 25. The SMILES string of the molecule is CCCCCCCCCCCCC/C=C/[CH][C@H](CO[C@H]1[CH][CH][C@H](O[C@@H]2O[CH][CH][C@H](O[C@]3(C(=O)O)C[C@H](O)[C@@H](NC(C)=O)[C@H]([C@@H](O)[CH]O[C@]4(C(=O)O)C[C@H](O)[C@@H](N)[CH]O4)O3)[C@H]2O)[C@@H](CO)O1)NC(=O)CCCCCCCCCCCCCCCCC. The number of carbonyl (C=O) groups excluding carboxylic acids is 2. The van der Waals surface area contributed by atoms with E-state index in [9.17, 15) is 54.9 Å². The number of amides is 2. The van der Waals surface area contributed by atoms with Crippen molar-refractivity contribution in [3.8, 4) is 0 Å². The fourth-order valence-electron chi connectivity index (χ4n) is 10.8. The highest BCUT2D eigenvalue weighted by atomic mass is 16.8. The van der Waals surface area contributed by atoms with E-state index >= 15 is 0 Å². The predicted molar refractivity (Wildman–Crippen MR) is 315 cm³/mol. The molecule has 0 aromatic carbocycles. The summed E-state index contributed by atoms with van der Waals surface area (Å²) in [6.07, 6.45) is 27.1. The highest BCUT2D eigenvalue weighted by Gasteiger charge is 2.58. The molecular formula is C63H106N3O19. The molecule has 4 aliphatic rings. The third-order valence-electron chi connectivity index (χ3n) is 15.9. The van der Waals surface area contributed by atoms with Crippen LogP contribution in [0.3, 0.4) is 0 Å². The van der Waals surface area contributed by atoms with Crippen LogP contribution in [0.15, 0.2) is 12.2 Å². The van der Waals surface area contributed by atoms with Crippen LogP contribution in [0.1, 0.15) is 213 Å². The monoisotopic (exact) mass is 1210 g/mol.